The SMILES string of the molecule is COCCN(Cc1ccc(C(=O)O)cc1Br)C1CC1. The molecule has 0 spiro atoms. The van der Waals surface area contributed by atoms with Crippen LogP contribution in [0.3, 0.4) is 0 Å². The highest BCUT2D eigenvalue weighted by Gasteiger charge is 2.28. The van der Waals surface area contributed by atoms with Gasteiger partial charge in [0, 0.05) is 30.7 Å². The predicted octanol–water partition coefficient (Wildman–Crippen LogP) is 2.76. The van der Waals surface area contributed by atoms with E-state index in [4.69, 9.17) is 9.84 Å². The summed E-state index contributed by atoms with van der Waals surface area (Å²) >= 11 is 3.46. The molecule has 19 heavy (non-hydrogen) atoms. The average molecular weight is 328 g/mol. The van der Waals surface area contributed by atoms with Gasteiger partial charge in [-0.25, -0.2) is 4.79 Å². The van der Waals surface area contributed by atoms with Gasteiger partial charge in [-0.3, -0.25) is 4.90 Å². The van der Waals surface area contributed by atoms with E-state index in [1.165, 1.54) is 12.8 Å². The molecule has 1 aliphatic carbocycles. The quantitative estimate of drug-likeness (QED) is 0.836. The highest BCUT2D eigenvalue weighted by atomic mass is 79.9. The van der Waals surface area contributed by atoms with Crippen LogP contribution in [-0.4, -0.2) is 42.3 Å². The maximum Gasteiger partial charge on any atom is 0.335 e. The maximum atomic E-state index is 10.9. The fraction of sp³-hybridized carbons (Fsp3) is 0.500. The third kappa shape index (κ3) is 4.03. The summed E-state index contributed by atoms with van der Waals surface area (Å²) in [6.45, 7) is 2.46. The number of ether oxygens (including phenoxy) is 1. The fourth-order valence-corrected chi connectivity index (χ4v) is 2.57. The lowest BCUT2D eigenvalue weighted by atomic mass is 10.1. The number of carboxylic acids is 1. The molecule has 0 amide bonds. The first-order chi connectivity index (χ1) is 9.11. The van der Waals surface area contributed by atoms with Crippen molar-refractivity contribution in [3.05, 3.63) is 33.8 Å². The number of aromatic carboxylic acids is 1. The van der Waals surface area contributed by atoms with Crippen LogP contribution in [0.15, 0.2) is 22.7 Å². The zero-order valence-corrected chi connectivity index (χ0v) is 12.5. The summed E-state index contributed by atoms with van der Waals surface area (Å²) in [5, 5.41) is 8.95. The number of rotatable bonds is 7. The molecule has 1 N–H and O–H groups in total. The molecule has 4 nitrogen and oxygen atoms in total. The minimum atomic E-state index is -0.898. The van der Waals surface area contributed by atoms with Crippen molar-refractivity contribution in [2.45, 2.75) is 25.4 Å². The number of carboxylic acid groups (broad SMARTS) is 1. The first-order valence-corrected chi connectivity index (χ1v) is 7.16. The summed E-state index contributed by atoms with van der Waals surface area (Å²) in [7, 11) is 1.71. The number of carbonyl (C=O) groups is 1. The minimum Gasteiger partial charge on any atom is -0.478 e. The van der Waals surface area contributed by atoms with Crippen molar-refractivity contribution >= 4 is 21.9 Å². The van der Waals surface area contributed by atoms with E-state index < -0.39 is 5.97 Å². The largest absolute Gasteiger partial charge is 0.478 e. The van der Waals surface area contributed by atoms with Gasteiger partial charge in [0.1, 0.15) is 0 Å². The predicted molar refractivity (Wildman–Crippen MR) is 76.4 cm³/mol. The lowest BCUT2D eigenvalue weighted by Crippen LogP contribution is -2.29. The van der Waals surface area contributed by atoms with Gasteiger partial charge in [0.05, 0.1) is 12.2 Å². The van der Waals surface area contributed by atoms with Crippen molar-refractivity contribution < 1.29 is 14.6 Å². The van der Waals surface area contributed by atoms with Crippen LogP contribution in [0, 0.1) is 0 Å². The van der Waals surface area contributed by atoms with Crippen LogP contribution in [0.5, 0.6) is 0 Å². The average Bonchev–Trinajstić information content (AvgIpc) is 3.20. The van der Waals surface area contributed by atoms with E-state index in [1.54, 1.807) is 19.2 Å². The van der Waals surface area contributed by atoms with Crippen LogP contribution in [0.1, 0.15) is 28.8 Å². The van der Waals surface area contributed by atoms with Gasteiger partial charge in [-0.2, -0.15) is 0 Å². The standard InChI is InChI=1S/C14H18BrNO3/c1-19-7-6-16(12-4-5-12)9-11-3-2-10(14(17)18)8-13(11)15/h2-3,8,12H,4-7,9H2,1H3,(H,17,18). The summed E-state index contributed by atoms with van der Waals surface area (Å²) < 4.78 is 5.99. The Hall–Kier alpha value is -0.910. The fourth-order valence-electron chi connectivity index (χ4n) is 2.07. The molecule has 1 aliphatic rings. The first kappa shape index (κ1) is 14.5. The highest BCUT2D eigenvalue weighted by molar-refractivity contribution is 9.10. The van der Waals surface area contributed by atoms with Gasteiger partial charge < -0.3 is 9.84 Å². The summed E-state index contributed by atoms with van der Waals surface area (Å²) in [5.41, 5.74) is 1.43. The second-order valence-electron chi connectivity index (χ2n) is 4.81. The number of methoxy groups -OCH3 is 1. The zero-order chi connectivity index (χ0) is 13.8. The normalized spacial score (nSPS) is 14.9. The molecule has 1 aromatic rings. The topological polar surface area (TPSA) is 49.8 Å². The van der Waals surface area contributed by atoms with Crippen LogP contribution in [0.25, 0.3) is 0 Å². The van der Waals surface area contributed by atoms with E-state index in [-0.39, 0.29) is 0 Å². The van der Waals surface area contributed by atoms with Gasteiger partial charge >= 0.3 is 5.97 Å². The van der Waals surface area contributed by atoms with Crippen molar-refractivity contribution in [2.75, 3.05) is 20.3 Å². The van der Waals surface area contributed by atoms with Crippen LogP contribution < -0.4 is 0 Å². The smallest absolute Gasteiger partial charge is 0.335 e. The Labute approximate surface area is 121 Å². The summed E-state index contributed by atoms with van der Waals surface area (Å²) in [6, 6.07) is 5.86. The number of hydrogen-bond donors (Lipinski definition) is 1. The molecule has 0 heterocycles. The maximum absolute atomic E-state index is 10.9. The monoisotopic (exact) mass is 327 g/mol. The molecule has 1 saturated carbocycles. The van der Waals surface area contributed by atoms with Crippen molar-refractivity contribution in [1.82, 2.24) is 4.90 Å². The molecule has 0 radical (unpaired) electrons. The van der Waals surface area contributed by atoms with E-state index in [1.807, 2.05) is 6.07 Å². The van der Waals surface area contributed by atoms with E-state index in [0.29, 0.717) is 11.6 Å². The van der Waals surface area contributed by atoms with Crippen molar-refractivity contribution in [3.8, 4) is 0 Å². The Bertz CT molecular complexity index is 460. The zero-order valence-electron chi connectivity index (χ0n) is 10.9. The van der Waals surface area contributed by atoms with Crippen molar-refractivity contribution in [2.24, 2.45) is 0 Å². The van der Waals surface area contributed by atoms with Crippen molar-refractivity contribution in [3.63, 3.8) is 0 Å². The molecular formula is C14H18BrNO3. The third-order valence-corrected chi connectivity index (χ3v) is 4.06. The van der Waals surface area contributed by atoms with Gasteiger partial charge in [0.25, 0.3) is 0 Å². The Morgan fingerprint density at radius 2 is 2.26 bits per heavy atom. The molecule has 0 aromatic heterocycles. The molecule has 5 heteroatoms. The number of nitrogens with zero attached hydrogens (tertiary/aromatic N) is 1. The molecule has 0 aliphatic heterocycles. The number of halogens is 1. The Morgan fingerprint density at radius 3 is 2.79 bits per heavy atom. The summed E-state index contributed by atoms with van der Waals surface area (Å²) in [4.78, 5) is 13.3. The number of benzene rings is 1. The molecule has 0 unspecified atom stereocenters. The van der Waals surface area contributed by atoms with Crippen LogP contribution in [0.4, 0.5) is 0 Å². The van der Waals surface area contributed by atoms with Gasteiger partial charge in [-0.05, 0) is 30.5 Å². The molecule has 2 rings (SSSR count). The van der Waals surface area contributed by atoms with E-state index >= 15 is 0 Å². The highest BCUT2D eigenvalue weighted by Crippen LogP contribution is 2.29. The van der Waals surface area contributed by atoms with Crippen LogP contribution >= 0.6 is 15.9 Å². The minimum absolute atomic E-state index is 0.311. The van der Waals surface area contributed by atoms with E-state index in [2.05, 4.69) is 20.8 Å². The molecule has 1 fully saturated rings. The lowest BCUT2D eigenvalue weighted by Gasteiger charge is -2.22. The van der Waals surface area contributed by atoms with Crippen LogP contribution in [-0.2, 0) is 11.3 Å². The molecular weight excluding hydrogens is 310 g/mol. The van der Waals surface area contributed by atoms with Crippen molar-refractivity contribution in [1.29, 1.82) is 0 Å². The van der Waals surface area contributed by atoms with Gasteiger partial charge in [-0.15, -0.1) is 0 Å². The third-order valence-electron chi connectivity index (χ3n) is 3.32. The van der Waals surface area contributed by atoms with Gasteiger partial charge in [0.15, 0.2) is 0 Å². The van der Waals surface area contributed by atoms with E-state index in [9.17, 15) is 4.79 Å². The van der Waals surface area contributed by atoms with Gasteiger partial charge in [-0.1, -0.05) is 22.0 Å². The molecule has 0 atom stereocenters. The number of hydrogen-bond acceptors (Lipinski definition) is 3. The second-order valence-corrected chi connectivity index (χ2v) is 5.66. The summed E-state index contributed by atoms with van der Waals surface area (Å²) in [6.07, 6.45) is 2.49. The molecule has 0 bridgehead atoms. The first-order valence-electron chi connectivity index (χ1n) is 6.36. The second kappa shape index (κ2) is 6.50. The summed E-state index contributed by atoms with van der Waals surface area (Å²) in [5.74, 6) is -0.898. The van der Waals surface area contributed by atoms with E-state index in [0.717, 1.165) is 29.7 Å². The Balaban J connectivity index is 2.06. The molecule has 104 valence electrons. The molecule has 1 aromatic carbocycles. The lowest BCUT2D eigenvalue weighted by molar-refractivity contribution is 0.0697. The Morgan fingerprint density at radius 1 is 1.53 bits per heavy atom. The van der Waals surface area contributed by atoms with Crippen LogP contribution in [0.2, 0.25) is 0 Å². The Kier molecular flexibility index (Phi) is 4.96. The van der Waals surface area contributed by atoms with Gasteiger partial charge in [0.2, 0.25) is 0 Å². The molecule has 0 saturated heterocycles.